The van der Waals surface area contributed by atoms with Crippen LogP contribution in [0.5, 0.6) is 0 Å². The maximum atomic E-state index is 12.7. The van der Waals surface area contributed by atoms with Gasteiger partial charge in [-0.2, -0.15) is 0 Å². The van der Waals surface area contributed by atoms with Gasteiger partial charge in [-0.05, 0) is 18.2 Å². The number of benzene rings is 1. The van der Waals surface area contributed by atoms with Crippen LogP contribution in [0.1, 0.15) is 12.0 Å². The Morgan fingerprint density at radius 1 is 1.40 bits per heavy atom. The summed E-state index contributed by atoms with van der Waals surface area (Å²) in [5.41, 5.74) is 5.87. The number of thioether (sulfide) groups is 1. The molecule has 0 atom stereocenters. The molecule has 0 aromatic heterocycles. The first-order valence-electron chi connectivity index (χ1n) is 4.59. The number of nitrogen functional groups attached to an aromatic ring is 1. The second kappa shape index (κ2) is 4.37. The Balaban J connectivity index is 2.20. The molecule has 1 heterocycles. The topological polar surface area (TPSA) is 35.2 Å². The van der Waals surface area contributed by atoms with Crippen molar-refractivity contribution in [1.82, 2.24) is 0 Å². The number of anilines is 1. The second-order valence-electron chi connectivity index (χ2n) is 3.38. The maximum Gasteiger partial charge on any atom is 0.265 e. The molecule has 2 nitrogen and oxygen atoms in total. The summed E-state index contributed by atoms with van der Waals surface area (Å²) in [4.78, 5) is 0.604. The predicted octanol–water partition coefficient (Wildman–Crippen LogP) is 2.70. The minimum atomic E-state index is -2.48. The van der Waals surface area contributed by atoms with Crippen molar-refractivity contribution in [2.75, 3.05) is 18.9 Å². The molecule has 82 valence electrons. The van der Waals surface area contributed by atoms with Gasteiger partial charge in [0, 0.05) is 16.1 Å². The fourth-order valence-corrected chi connectivity index (χ4v) is 2.42. The van der Waals surface area contributed by atoms with E-state index in [1.54, 1.807) is 12.1 Å². The second-order valence-corrected chi connectivity index (χ2v) is 4.72. The molecular weight excluding hydrogens is 220 g/mol. The van der Waals surface area contributed by atoms with E-state index in [0.717, 1.165) is 0 Å². The lowest BCUT2D eigenvalue weighted by atomic mass is 10.2. The van der Waals surface area contributed by atoms with Crippen LogP contribution in [0.4, 0.5) is 14.5 Å². The summed E-state index contributed by atoms with van der Waals surface area (Å²) in [5, 5.41) is 0.297. The fourth-order valence-electron chi connectivity index (χ4n) is 1.31. The van der Waals surface area contributed by atoms with E-state index in [9.17, 15) is 8.78 Å². The molecule has 15 heavy (non-hydrogen) atoms. The zero-order chi connectivity index (χ0) is 10.8. The Hall–Kier alpha value is -0.810. The zero-order valence-electron chi connectivity index (χ0n) is 7.95. The summed E-state index contributed by atoms with van der Waals surface area (Å²) in [6, 6.07) is 4.64. The lowest BCUT2D eigenvalue weighted by molar-refractivity contribution is 0.0454. The van der Waals surface area contributed by atoms with E-state index in [2.05, 4.69) is 0 Å². The first kappa shape index (κ1) is 10.7. The number of alkyl halides is 2. The summed E-state index contributed by atoms with van der Waals surface area (Å²) in [7, 11) is 0. The third-order valence-electron chi connectivity index (χ3n) is 2.17. The van der Waals surface area contributed by atoms with Crippen molar-refractivity contribution in [3.63, 3.8) is 0 Å². The molecule has 0 spiro atoms. The number of rotatable bonds is 3. The largest absolute Gasteiger partial charge is 0.399 e. The van der Waals surface area contributed by atoms with Crippen molar-refractivity contribution in [2.24, 2.45) is 0 Å². The average molecular weight is 231 g/mol. The standard InChI is InChI=1S/C10H11F2NOS/c11-10(12)8-3-6(13)1-2-9(8)15-7-4-14-5-7/h1-3,7,10H,4-5,13H2. The quantitative estimate of drug-likeness (QED) is 0.812. The van der Waals surface area contributed by atoms with Gasteiger partial charge < -0.3 is 10.5 Å². The molecule has 0 bridgehead atoms. The Morgan fingerprint density at radius 3 is 2.67 bits per heavy atom. The van der Waals surface area contributed by atoms with Crippen LogP contribution >= 0.6 is 11.8 Å². The number of ether oxygens (including phenoxy) is 1. The summed E-state index contributed by atoms with van der Waals surface area (Å²) < 4.78 is 30.4. The Bertz CT molecular complexity index is 355. The summed E-state index contributed by atoms with van der Waals surface area (Å²) >= 11 is 1.43. The number of hydrogen-bond donors (Lipinski definition) is 1. The van der Waals surface area contributed by atoms with E-state index in [0.29, 0.717) is 29.0 Å². The van der Waals surface area contributed by atoms with Crippen molar-refractivity contribution >= 4 is 17.4 Å². The van der Waals surface area contributed by atoms with Crippen LogP contribution in [0.3, 0.4) is 0 Å². The monoisotopic (exact) mass is 231 g/mol. The highest BCUT2D eigenvalue weighted by Gasteiger charge is 2.22. The number of halogens is 2. The molecule has 0 saturated carbocycles. The van der Waals surface area contributed by atoms with Crippen LogP contribution in [0, 0.1) is 0 Å². The smallest absolute Gasteiger partial charge is 0.265 e. The van der Waals surface area contributed by atoms with Crippen molar-refractivity contribution in [1.29, 1.82) is 0 Å². The highest BCUT2D eigenvalue weighted by Crippen LogP contribution is 2.36. The minimum Gasteiger partial charge on any atom is -0.399 e. The van der Waals surface area contributed by atoms with E-state index >= 15 is 0 Å². The van der Waals surface area contributed by atoms with Gasteiger partial charge in [-0.25, -0.2) is 8.78 Å². The highest BCUT2D eigenvalue weighted by molar-refractivity contribution is 8.00. The van der Waals surface area contributed by atoms with Crippen LogP contribution in [-0.4, -0.2) is 18.5 Å². The van der Waals surface area contributed by atoms with Gasteiger partial charge in [0.1, 0.15) is 0 Å². The molecule has 1 aromatic rings. The van der Waals surface area contributed by atoms with Crippen LogP contribution in [-0.2, 0) is 4.74 Å². The third-order valence-corrected chi connectivity index (χ3v) is 3.40. The molecule has 0 unspecified atom stereocenters. The molecule has 0 amide bonds. The van der Waals surface area contributed by atoms with E-state index in [1.165, 1.54) is 17.8 Å². The normalized spacial score (nSPS) is 16.7. The van der Waals surface area contributed by atoms with Crippen molar-refractivity contribution in [3.05, 3.63) is 23.8 Å². The highest BCUT2D eigenvalue weighted by atomic mass is 32.2. The van der Waals surface area contributed by atoms with Gasteiger partial charge in [-0.1, -0.05) is 0 Å². The van der Waals surface area contributed by atoms with Crippen molar-refractivity contribution < 1.29 is 13.5 Å². The van der Waals surface area contributed by atoms with Gasteiger partial charge in [-0.3, -0.25) is 0 Å². The van der Waals surface area contributed by atoms with Gasteiger partial charge >= 0.3 is 0 Å². The SMILES string of the molecule is Nc1ccc(SC2COC2)c(C(F)F)c1. The minimum absolute atomic E-state index is 0.0203. The molecule has 0 radical (unpaired) electrons. The number of nitrogens with two attached hydrogens (primary N) is 1. The molecule has 1 saturated heterocycles. The van der Waals surface area contributed by atoms with Crippen LogP contribution in [0.15, 0.2) is 23.1 Å². The third kappa shape index (κ3) is 2.41. The maximum absolute atomic E-state index is 12.7. The van der Waals surface area contributed by atoms with Crippen molar-refractivity contribution in [3.8, 4) is 0 Å². The first-order chi connectivity index (χ1) is 7.16. The van der Waals surface area contributed by atoms with Gasteiger partial charge in [0.15, 0.2) is 0 Å². The molecule has 1 aliphatic rings. The average Bonchev–Trinajstić information content (AvgIpc) is 2.12. The summed E-state index contributed by atoms with van der Waals surface area (Å²) in [6.07, 6.45) is -2.48. The molecule has 0 aliphatic carbocycles. The van der Waals surface area contributed by atoms with Gasteiger partial charge in [0.2, 0.25) is 0 Å². The molecule has 1 fully saturated rings. The molecule has 5 heteroatoms. The van der Waals surface area contributed by atoms with Crippen LogP contribution < -0.4 is 5.73 Å². The van der Waals surface area contributed by atoms with Gasteiger partial charge in [0.05, 0.1) is 18.5 Å². The summed E-state index contributed by atoms with van der Waals surface area (Å²) in [5.74, 6) is 0. The Kier molecular flexibility index (Phi) is 3.11. The Morgan fingerprint density at radius 2 is 2.13 bits per heavy atom. The van der Waals surface area contributed by atoms with Gasteiger partial charge in [0.25, 0.3) is 6.43 Å². The number of hydrogen-bond acceptors (Lipinski definition) is 3. The molecule has 2 N–H and O–H groups in total. The lowest BCUT2D eigenvalue weighted by Crippen LogP contribution is -2.30. The Labute approximate surface area is 90.8 Å². The van der Waals surface area contributed by atoms with E-state index < -0.39 is 6.43 Å². The van der Waals surface area contributed by atoms with Crippen LogP contribution in [0.2, 0.25) is 0 Å². The molecule has 1 aromatic carbocycles. The van der Waals surface area contributed by atoms with E-state index in [1.807, 2.05) is 0 Å². The van der Waals surface area contributed by atoms with Crippen LogP contribution in [0.25, 0.3) is 0 Å². The van der Waals surface area contributed by atoms with E-state index in [-0.39, 0.29) is 5.56 Å². The first-order valence-corrected chi connectivity index (χ1v) is 5.47. The molecule has 2 rings (SSSR count). The van der Waals surface area contributed by atoms with Gasteiger partial charge in [-0.15, -0.1) is 11.8 Å². The lowest BCUT2D eigenvalue weighted by Gasteiger charge is -2.26. The fraction of sp³-hybridized carbons (Fsp3) is 0.400. The molecule has 1 aliphatic heterocycles. The predicted molar refractivity (Wildman–Crippen MR) is 56.3 cm³/mol. The molecular formula is C10H11F2NOS. The summed E-state index contributed by atoms with van der Waals surface area (Å²) in [6.45, 7) is 1.27. The zero-order valence-corrected chi connectivity index (χ0v) is 8.77. The van der Waals surface area contributed by atoms with E-state index in [4.69, 9.17) is 10.5 Å². The van der Waals surface area contributed by atoms with Crippen molar-refractivity contribution in [2.45, 2.75) is 16.6 Å².